The number of hydrogen-bond donors (Lipinski definition) is 1. The minimum atomic E-state index is -0.540. The van der Waals surface area contributed by atoms with Gasteiger partial charge in [0.05, 0.1) is 0 Å². The summed E-state index contributed by atoms with van der Waals surface area (Å²) in [6.07, 6.45) is 2.20. The summed E-state index contributed by atoms with van der Waals surface area (Å²) >= 11 is 0. The Morgan fingerprint density at radius 1 is 1.37 bits per heavy atom. The Morgan fingerprint density at radius 2 is 2.05 bits per heavy atom. The van der Waals surface area contributed by atoms with Gasteiger partial charge in [-0.25, -0.2) is 0 Å². The lowest BCUT2D eigenvalue weighted by atomic mass is 10.0. The van der Waals surface area contributed by atoms with Gasteiger partial charge in [-0.2, -0.15) is 0 Å². The average molecular weight is 261 g/mol. The molecule has 0 aliphatic carbocycles. The van der Waals surface area contributed by atoms with E-state index in [4.69, 9.17) is 5.73 Å². The Morgan fingerprint density at radius 3 is 2.68 bits per heavy atom. The minimum Gasteiger partial charge on any atom is -0.339 e. The van der Waals surface area contributed by atoms with Gasteiger partial charge < -0.3 is 15.5 Å². The lowest BCUT2D eigenvalue weighted by Crippen LogP contribution is -2.49. The molecule has 1 fully saturated rings. The summed E-state index contributed by atoms with van der Waals surface area (Å²) in [6.45, 7) is 1.61. The van der Waals surface area contributed by atoms with Crippen LogP contribution in [-0.2, 0) is 4.79 Å². The van der Waals surface area contributed by atoms with Crippen molar-refractivity contribution in [3.8, 4) is 0 Å². The fourth-order valence-corrected chi connectivity index (χ4v) is 2.58. The van der Waals surface area contributed by atoms with Crippen LogP contribution in [0, 0.1) is 0 Å². The number of amides is 1. The first-order valence-corrected chi connectivity index (χ1v) is 6.85. The number of benzene rings is 1. The SMILES string of the molecule is CN(C)C1CCCN(C(=O)[C@H](N)c2ccccc2)C1. The highest BCUT2D eigenvalue weighted by molar-refractivity contribution is 5.83. The van der Waals surface area contributed by atoms with Gasteiger partial charge in [0.1, 0.15) is 6.04 Å². The van der Waals surface area contributed by atoms with E-state index in [0.29, 0.717) is 6.04 Å². The fourth-order valence-electron chi connectivity index (χ4n) is 2.58. The van der Waals surface area contributed by atoms with E-state index < -0.39 is 6.04 Å². The molecule has 2 rings (SSSR count). The molecule has 2 N–H and O–H groups in total. The summed E-state index contributed by atoms with van der Waals surface area (Å²) in [7, 11) is 4.13. The molecular weight excluding hydrogens is 238 g/mol. The monoisotopic (exact) mass is 261 g/mol. The number of rotatable bonds is 3. The van der Waals surface area contributed by atoms with Gasteiger partial charge in [0, 0.05) is 19.1 Å². The first kappa shape index (κ1) is 14.0. The summed E-state index contributed by atoms with van der Waals surface area (Å²) < 4.78 is 0. The summed E-state index contributed by atoms with van der Waals surface area (Å²) in [5.41, 5.74) is 6.97. The van der Waals surface area contributed by atoms with Crippen LogP contribution >= 0.6 is 0 Å². The predicted octanol–water partition coefficient (Wildman–Crippen LogP) is 1.24. The normalized spacial score (nSPS) is 21.5. The maximum Gasteiger partial charge on any atom is 0.244 e. The highest BCUT2D eigenvalue weighted by atomic mass is 16.2. The number of hydrogen-bond acceptors (Lipinski definition) is 3. The van der Waals surface area contributed by atoms with Crippen molar-refractivity contribution in [1.29, 1.82) is 0 Å². The van der Waals surface area contributed by atoms with Crippen LogP contribution in [0.4, 0.5) is 0 Å². The molecule has 1 aliphatic heterocycles. The van der Waals surface area contributed by atoms with Gasteiger partial charge in [0.25, 0.3) is 0 Å². The van der Waals surface area contributed by atoms with Crippen LogP contribution in [-0.4, -0.2) is 48.9 Å². The molecule has 1 aliphatic rings. The van der Waals surface area contributed by atoms with Crippen LogP contribution in [0.25, 0.3) is 0 Å². The van der Waals surface area contributed by atoms with Gasteiger partial charge in [0.15, 0.2) is 0 Å². The molecule has 1 unspecified atom stereocenters. The Balaban J connectivity index is 2.03. The molecule has 104 valence electrons. The second kappa shape index (κ2) is 6.17. The molecule has 0 radical (unpaired) electrons. The molecule has 1 amide bonds. The van der Waals surface area contributed by atoms with Crippen LogP contribution in [0.15, 0.2) is 30.3 Å². The summed E-state index contributed by atoms with van der Waals surface area (Å²) in [5, 5.41) is 0. The average Bonchev–Trinajstić information content (AvgIpc) is 2.46. The van der Waals surface area contributed by atoms with Crippen LogP contribution in [0.2, 0.25) is 0 Å². The number of nitrogens with two attached hydrogens (primary N) is 1. The number of carbonyl (C=O) groups is 1. The molecule has 0 spiro atoms. The molecule has 1 aromatic rings. The highest BCUT2D eigenvalue weighted by Crippen LogP contribution is 2.18. The van der Waals surface area contributed by atoms with Crippen molar-refractivity contribution < 1.29 is 4.79 Å². The highest BCUT2D eigenvalue weighted by Gasteiger charge is 2.28. The fraction of sp³-hybridized carbons (Fsp3) is 0.533. The van der Waals surface area contributed by atoms with Crippen LogP contribution in [0.5, 0.6) is 0 Å². The number of likely N-dealkylation sites (tertiary alicyclic amines) is 1. The quantitative estimate of drug-likeness (QED) is 0.890. The van der Waals surface area contributed by atoms with Crippen molar-refractivity contribution >= 4 is 5.91 Å². The Labute approximate surface area is 115 Å². The van der Waals surface area contributed by atoms with Crippen molar-refractivity contribution in [3.05, 3.63) is 35.9 Å². The van der Waals surface area contributed by atoms with Crippen LogP contribution < -0.4 is 5.73 Å². The third-order valence-corrected chi connectivity index (χ3v) is 3.86. The van der Waals surface area contributed by atoms with Crippen molar-refractivity contribution in [2.24, 2.45) is 5.73 Å². The van der Waals surface area contributed by atoms with Gasteiger partial charge in [-0.15, -0.1) is 0 Å². The summed E-state index contributed by atoms with van der Waals surface area (Å²) in [6, 6.07) is 9.50. The molecule has 19 heavy (non-hydrogen) atoms. The number of nitrogens with zero attached hydrogens (tertiary/aromatic N) is 2. The predicted molar refractivity (Wildman–Crippen MR) is 76.7 cm³/mol. The van der Waals surface area contributed by atoms with E-state index in [9.17, 15) is 4.79 Å². The molecule has 0 aromatic heterocycles. The first-order valence-electron chi connectivity index (χ1n) is 6.85. The standard InChI is InChI=1S/C15H23N3O/c1-17(2)13-9-6-10-18(11-13)15(19)14(16)12-7-4-3-5-8-12/h3-5,7-8,13-14H,6,9-11,16H2,1-2H3/t13?,14-/m1/s1. The smallest absolute Gasteiger partial charge is 0.244 e. The van der Waals surface area contributed by atoms with Crippen LogP contribution in [0.3, 0.4) is 0 Å². The third-order valence-electron chi connectivity index (χ3n) is 3.86. The van der Waals surface area contributed by atoms with E-state index in [1.54, 1.807) is 0 Å². The molecule has 1 saturated heterocycles. The molecule has 0 bridgehead atoms. The van der Waals surface area contributed by atoms with E-state index in [-0.39, 0.29) is 5.91 Å². The van der Waals surface area contributed by atoms with Gasteiger partial charge in [-0.05, 0) is 32.5 Å². The van der Waals surface area contributed by atoms with Crippen molar-refractivity contribution in [2.45, 2.75) is 24.9 Å². The summed E-state index contributed by atoms with van der Waals surface area (Å²) in [4.78, 5) is 16.5. The number of carbonyl (C=O) groups excluding carboxylic acids is 1. The zero-order chi connectivity index (χ0) is 13.8. The third kappa shape index (κ3) is 3.33. The molecule has 1 heterocycles. The van der Waals surface area contributed by atoms with E-state index in [1.807, 2.05) is 35.2 Å². The zero-order valence-electron chi connectivity index (χ0n) is 11.7. The van der Waals surface area contributed by atoms with Crippen molar-refractivity contribution in [1.82, 2.24) is 9.80 Å². The molecule has 4 heteroatoms. The number of likely N-dealkylation sites (N-methyl/N-ethyl adjacent to an activating group) is 1. The second-order valence-electron chi connectivity index (χ2n) is 5.43. The van der Waals surface area contributed by atoms with Gasteiger partial charge in [0.2, 0.25) is 5.91 Å². The van der Waals surface area contributed by atoms with Gasteiger partial charge >= 0.3 is 0 Å². The Hall–Kier alpha value is -1.39. The van der Waals surface area contributed by atoms with Gasteiger partial charge in [-0.3, -0.25) is 4.79 Å². The van der Waals surface area contributed by atoms with Crippen LogP contribution in [0.1, 0.15) is 24.4 Å². The lowest BCUT2D eigenvalue weighted by Gasteiger charge is -2.37. The van der Waals surface area contributed by atoms with Gasteiger partial charge in [-0.1, -0.05) is 30.3 Å². The summed E-state index contributed by atoms with van der Waals surface area (Å²) in [5.74, 6) is 0.0396. The van der Waals surface area contributed by atoms with E-state index in [0.717, 1.165) is 31.5 Å². The largest absolute Gasteiger partial charge is 0.339 e. The van der Waals surface area contributed by atoms with E-state index in [1.165, 1.54) is 0 Å². The van der Waals surface area contributed by atoms with E-state index in [2.05, 4.69) is 19.0 Å². The van der Waals surface area contributed by atoms with Crippen molar-refractivity contribution in [2.75, 3.05) is 27.2 Å². The molecular formula is C15H23N3O. The molecule has 2 atom stereocenters. The maximum atomic E-state index is 12.4. The van der Waals surface area contributed by atoms with E-state index >= 15 is 0 Å². The van der Waals surface area contributed by atoms with Crippen molar-refractivity contribution in [3.63, 3.8) is 0 Å². The Bertz CT molecular complexity index is 419. The molecule has 0 saturated carbocycles. The minimum absolute atomic E-state index is 0.0396. The molecule has 1 aromatic carbocycles. The topological polar surface area (TPSA) is 49.6 Å². The zero-order valence-corrected chi connectivity index (χ0v) is 11.7. The molecule has 4 nitrogen and oxygen atoms in total. The number of piperidine rings is 1. The second-order valence-corrected chi connectivity index (χ2v) is 5.43. The first-order chi connectivity index (χ1) is 9.09. The maximum absolute atomic E-state index is 12.4. The lowest BCUT2D eigenvalue weighted by molar-refractivity contribution is -0.134. The Kier molecular flexibility index (Phi) is 4.56.